The van der Waals surface area contributed by atoms with E-state index in [0.29, 0.717) is 6.42 Å². The lowest BCUT2D eigenvalue weighted by atomic mass is 9.52. The molecule has 0 amide bonds. The third kappa shape index (κ3) is 1.77. The molecule has 25 heavy (non-hydrogen) atoms. The standard InChI is InChI=1S/C23H18O2/c24-21(25)13-14-23-18-10-4-1-7-15(18)22(16-8-2-5-11-19(16)23)17-9-3-6-12-20(17)23/h1-12,22H,13-14H2,(H,24,25). The molecule has 3 aromatic rings. The van der Waals surface area contributed by atoms with E-state index < -0.39 is 5.97 Å². The van der Waals surface area contributed by atoms with Crippen molar-refractivity contribution in [2.24, 2.45) is 0 Å². The zero-order valence-corrected chi connectivity index (χ0v) is 13.8. The van der Waals surface area contributed by atoms with Crippen LogP contribution in [0, 0.1) is 0 Å². The molecular weight excluding hydrogens is 308 g/mol. The normalized spacial score (nSPS) is 22.0. The van der Waals surface area contributed by atoms with Crippen LogP contribution in [0.4, 0.5) is 0 Å². The average molecular weight is 326 g/mol. The quantitative estimate of drug-likeness (QED) is 0.758. The van der Waals surface area contributed by atoms with Gasteiger partial charge in [0, 0.05) is 17.8 Å². The van der Waals surface area contributed by atoms with Crippen molar-refractivity contribution in [3.05, 3.63) is 106 Å². The second kappa shape index (κ2) is 5.06. The van der Waals surface area contributed by atoms with E-state index in [1.807, 2.05) is 0 Å². The first-order valence-electron chi connectivity index (χ1n) is 8.73. The van der Waals surface area contributed by atoms with Crippen molar-refractivity contribution in [2.75, 3.05) is 0 Å². The molecule has 2 nitrogen and oxygen atoms in total. The smallest absolute Gasteiger partial charge is 0.303 e. The van der Waals surface area contributed by atoms with Crippen LogP contribution in [0.3, 0.4) is 0 Å². The topological polar surface area (TPSA) is 37.3 Å². The van der Waals surface area contributed by atoms with Crippen molar-refractivity contribution in [1.82, 2.24) is 0 Å². The Morgan fingerprint density at radius 2 is 1.16 bits per heavy atom. The Morgan fingerprint density at radius 1 is 0.760 bits per heavy atom. The molecule has 0 radical (unpaired) electrons. The van der Waals surface area contributed by atoms with Gasteiger partial charge in [-0.2, -0.15) is 0 Å². The predicted octanol–water partition coefficient (Wildman–Crippen LogP) is 4.69. The molecule has 6 rings (SSSR count). The van der Waals surface area contributed by atoms with Crippen LogP contribution in [-0.2, 0) is 10.2 Å². The average Bonchev–Trinajstić information content (AvgIpc) is 2.66. The van der Waals surface area contributed by atoms with E-state index in [1.54, 1.807) is 0 Å². The van der Waals surface area contributed by atoms with Crippen molar-refractivity contribution in [3.63, 3.8) is 0 Å². The first kappa shape index (κ1) is 14.5. The summed E-state index contributed by atoms with van der Waals surface area (Å²) in [5.74, 6) is -0.496. The van der Waals surface area contributed by atoms with Crippen LogP contribution in [0.5, 0.6) is 0 Å². The first-order valence-corrected chi connectivity index (χ1v) is 8.73. The van der Waals surface area contributed by atoms with Crippen molar-refractivity contribution in [2.45, 2.75) is 24.2 Å². The fourth-order valence-electron chi connectivity index (χ4n) is 5.05. The Bertz CT molecular complexity index is 887. The predicted molar refractivity (Wildman–Crippen MR) is 97.0 cm³/mol. The molecule has 0 aliphatic heterocycles. The molecule has 0 unspecified atom stereocenters. The van der Waals surface area contributed by atoms with Gasteiger partial charge in [-0.3, -0.25) is 4.79 Å². The molecule has 3 aliphatic carbocycles. The zero-order chi connectivity index (χ0) is 17.0. The molecule has 0 atom stereocenters. The van der Waals surface area contributed by atoms with Crippen molar-refractivity contribution in [1.29, 1.82) is 0 Å². The summed E-state index contributed by atoms with van der Waals surface area (Å²) < 4.78 is 0. The summed E-state index contributed by atoms with van der Waals surface area (Å²) in [7, 11) is 0. The third-order valence-electron chi connectivity index (χ3n) is 5.91. The van der Waals surface area contributed by atoms with E-state index in [9.17, 15) is 9.90 Å². The summed E-state index contributed by atoms with van der Waals surface area (Å²) in [6.45, 7) is 0. The largest absolute Gasteiger partial charge is 0.481 e. The molecule has 0 saturated carbocycles. The molecule has 0 saturated heterocycles. The van der Waals surface area contributed by atoms with Gasteiger partial charge in [0.05, 0.1) is 0 Å². The Kier molecular flexibility index (Phi) is 2.93. The lowest BCUT2D eigenvalue weighted by Crippen LogP contribution is -2.42. The molecule has 2 heteroatoms. The third-order valence-corrected chi connectivity index (χ3v) is 5.91. The highest BCUT2D eigenvalue weighted by Gasteiger charge is 2.51. The van der Waals surface area contributed by atoms with Gasteiger partial charge in [0.25, 0.3) is 0 Å². The van der Waals surface area contributed by atoms with E-state index in [4.69, 9.17) is 0 Å². The summed E-state index contributed by atoms with van der Waals surface area (Å²) >= 11 is 0. The minimum absolute atomic E-state index is 0.154. The van der Waals surface area contributed by atoms with Crippen LogP contribution in [0.25, 0.3) is 0 Å². The molecule has 122 valence electrons. The van der Waals surface area contributed by atoms with Gasteiger partial charge in [-0.1, -0.05) is 72.8 Å². The molecule has 3 aliphatic rings. The van der Waals surface area contributed by atoms with Gasteiger partial charge in [-0.05, 0) is 39.8 Å². The summed E-state index contributed by atoms with van der Waals surface area (Å²) in [6, 6.07) is 25.7. The maximum Gasteiger partial charge on any atom is 0.303 e. The minimum atomic E-state index is -0.741. The van der Waals surface area contributed by atoms with Crippen LogP contribution in [0.1, 0.15) is 52.1 Å². The van der Waals surface area contributed by atoms with Crippen LogP contribution in [0.15, 0.2) is 72.8 Å². The fourth-order valence-corrected chi connectivity index (χ4v) is 5.05. The van der Waals surface area contributed by atoms with Gasteiger partial charge < -0.3 is 5.11 Å². The SMILES string of the molecule is O=C(O)CCC12c3ccccc3C(c3ccccc31)c1ccccc12. The van der Waals surface area contributed by atoms with Gasteiger partial charge in [-0.25, -0.2) is 0 Å². The Hall–Kier alpha value is -2.87. The van der Waals surface area contributed by atoms with Crippen LogP contribution < -0.4 is 0 Å². The number of rotatable bonds is 3. The fraction of sp³-hybridized carbons (Fsp3) is 0.174. The number of aliphatic carboxylic acids is 1. The maximum atomic E-state index is 11.4. The number of carboxylic acid groups (broad SMARTS) is 1. The molecule has 0 spiro atoms. The van der Waals surface area contributed by atoms with E-state index >= 15 is 0 Å². The first-order chi connectivity index (χ1) is 12.2. The van der Waals surface area contributed by atoms with Gasteiger partial charge >= 0.3 is 5.97 Å². The molecule has 0 aromatic heterocycles. The number of carbonyl (C=O) groups is 1. The van der Waals surface area contributed by atoms with Crippen molar-refractivity contribution in [3.8, 4) is 0 Å². The van der Waals surface area contributed by atoms with E-state index in [2.05, 4.69) is 72.8 Å². The zero-order valence-electron chi connectivity index (χ0n) is 13.8. The highest BCUT2D eigenvalue weighted by Crippen LogP contribution is 2.60. The Balaban J connectivity index is 1.90. The molecular formula is C23H18O2. The van der Waals surface area contributed by atoms with E-state index in [0.717, 1.165) is 0 Å². The van der Waals surface area contributed by atoms with Gasteiger partial charge in [0.1, 0.15) is 0 Å². The summed E-state index contributed by atoms with van der Waals surface area (Å²) in [6.07, 6.45) is 0.738. The molecule has 0 heterocycles. The van der Waals surface area contributed by atoms with Crippen molar-refractivity contribution >= 4 is 5.97 Å². The summed E-state index contributed by atoms with van der Waals surface area (Å²) in [5.41, 5.74) is 7.44. The molecule has 3 aromatic carbocycles. The molecule has 1 N–H and O–H groups in total. The highest BCUT2D eigenvalue weighted by atomic mass is 16.4. The van der Waals surface area contributed by atoms with Gasteiger partial charge in [0.15, 0.2) is 0 Å². The van der Waals surface area contributed by atoms with E-state index in [-0.39, 0.29) is 17.8 Å². The van der Waals surface area contributed by atoms with Gasteiger partial charge in [-0.15, -0.1) is 0 Å². The number of carboxylic acids is 1. The van der Waals surface area contributed by atoms with Crippen LogP contribution in [-0.4, -0.2) is 11.1 Å². The second-order valence-electron chi connectivity index (χ2n) is 6.99. The summed E-state index contributed by atoms with van der Waals surface area (Å²) in [4.78, 5) is 11.4. The Labute approximate surface area is 146 Å². The monoisotopic (exact) mass is 326 g/mol. The van der Waals surface area contributed by atoms with Crippen molar-refractivity contribution < 1.29 is 9.90 Å². The van der Waals surface area contributed by atoms with Crippen LogP contribution >= 0.6 is 0 Å². The highest BCUT2D eigenvalue weighted by molar-refractivity contribution is 5.73. The molecule has 2 bridgehead atoms. The van der Waals surface area contributed by atoms with Crippen LogP contribution in [0.2, 0.25) is 0 Å². The molecule has 0 fully saturated rings. The number of hydrogen-bond acceptors (Lipinski definition) is 1. The summed E-state index contributed by atoms with van der Waals surface area (Å²) in [5, 5.41) is 9.41. The second-order valence-corrected chi connectivity index (χ2v) is 6.99. The number of hydrogen-bond donors (Lipinski definition) is 1. The Morgan fingerprint density at radius 3 is 1.56 bits per heavy atom. The van der Waals surface area contributed by atoms with Gasteiger partial charge in [0.2, 0.25) is 0 Å². The lowest BCUT2D eigenvalue weighted by Gasteiger charge is -2.50. The minimum Gasteiger partial charge on any atom is -0.481 e. The van der Waals surface area contributed by atoms with E-state index in [1.165, 1.54) is 33.4 Å². The maximum absolute atomic E-state index is 11.4. The number of benzene rings is 3. The lowest BCUT2D eigenvalue weighted by molar-refractivity contribution is -0.137.